The van der Waals surface area contributed by atoms with Crippen LogP contribution >= 0.6 is 0 Å². The molecule has 1 aliphatic heterocycles. The minimum atomic E-state index is -3.41. The molecule has 1 aliphatic rings. The maximum Gasteiger partial charge on any atom is 0.247 e. The van der Waals surface area contributed by atoms with Crippen LogP contribution in [0.2, 0.25) is 0 Å². The van der Waals surface area contributed by atoms with E-state index >= 15 is 0 Å². The number of aryl methyl sites for hydroxylation is 2. The third-order valence-corrected chi connectivity index (χ3v) is 5.08. The van der Waals surface area contributed by atoms with E-state index in [0.717, 1.165) is 22.4 Å². The Hall–Kier alpha value is -2.14. The minimum Gasteiger partial charge on any atom is -0.205 e. The van der Waals surface area contributed by atoms with Crippen LogP contribution in [0.3, 0.4) is 0 Å². The van der Waals surface area contributed by atoms with Crippen LogP contribution in [0.1, 0.15) is 34.7 Å². The van der Waals surface area contributed by atoms with Gasteiger partial charge in [0, 0.05) is 6.42 Å². The van der Waals surface area contributed by atoms with E-state index in [1.807, 2.05) is 62.4 Å². The molecule has 3 rings (SSSR count). The molecule has 0 radical (unpaired) electrons. The fourth-order valence-electron chi connectivity index (χ4n) is 2.75. The van der Waals surface area contributed by atoms with Gasteiger partial charge in [-0.25, -0.2) is 8.42 Å². The standard InChI is InChI=1S/C18H20N2O2S/c1-13-4-8-15(9-5-13)17-12-18(20(19-17)23(3,21)22)16-10-6-14(2)7-11-16/h4-11,18H,12H2,1-3H3/t18-/m0/s1. The molecule has 2 aromatic rings. The molecule has 0 unspecified atom stereocenters. The largest absolute Gasteiger partial charge is 0.247 e. The maximum absolute atomic E-state index is 12.1. The van der Waals surface area contributed by atoms with Gasteiger partial charge in [-0.1, -0.05) is 59.7 Å². The van der Waals surface area contributed by atoms with E-state index in [4.69, 9.17) is 0 Å². The molecular weight excluding hydrogens is 308 g/mol. The van der Waals surface area contributed by atoms with Gasteiger partial charge < -0.3 is 0 Å². The number of hydrogen-bond acceptors (Lipinski definition) is 3. The number of hydrogen-bond donors (Lipinski definition) is 0. The van der Waals surface area contributed by atoms with Crippen molar-refractivity contribution in [3.8, 4) is 0 Å². The van der Waals surface area contributed by atoms with Crippen molar-refractivity contribution < 1.29 is 8.42 Å². The third-order valence-electron chi connectivity index (χ3n) is 4.06. The Labute approximate surface area is 137 Å². The Morgan fingerprint density at radius 1 is 0.957 bits per heavy atom. The highest BCUT2D eigenvalue weighted by Gasteiger charge is 2.34. The van der Waals surface area contributed by atoms with E-state index in [-0.39, 0.29) is 6.04 Å². The normalized spacial score (nSPS) is 18.1. The van der Waals surface area contributed by atoms with Crippen molar-refractivity contribution in [1.82, 2.24) is 4.41 Å². The van der Waals surface area contributed by atoms with E-state index in [9.17, 15) is 8.42 Å². The molecule has 2 aromatic carbocycles. The molecule has 0 aromatic heterocycles. The van der Waals surface area contributed by atoms with Gasteiger partial charge in [0.05, 0.1) is 18.0 Å². The average molecular weight is 328 g/mol. The highest BCUT2D eigenvalue weighted by molar-refractivity contribution is 7.88. The van der Waals surface area contributed by atoms with E-state index in [1.165, 1.54) is 16.2 Å². The summed E-state index contributed by atoms with van der Waals surface area (Å²) in [5.74, 6) is 0. The second-order valence-electron chi connectivity index (χ2n) is 6.08. The summed E-state index contributed by atoms with van der Waals surface area (Å²) in [7, 11) is -3.41. The molecule has 0 N–H and O–H groups in total. The van der Waals surface area contributed by atoms with Crippen LogP contribution in [0.25, 0.3) is 0 Å². The lowest BCUT2D eigenvalue weighted by Crippen LogP contribution is -2.25. The molecule has 5 heteroatoms. The Bertz CT molecular complexity index is 838. The zero-order chi connectivity index (χ0) is 16.6. The lowest BCUT2D eigenvalue weighted by Gasteiger charge is -2.21. The zero-order valence-electron chi connectivity index (χ0n) is 13.5. The molecular formula is C18H20N2O2S. The number of hydrazone groups is 1. The minimum absolute atomic E-state index is 0.276. The predicted octanol–water partition coefficient (Wildman–Crippen LogP) is 3.41. The van der Waals surface area contributed by atoms with Crippen LogP contribution in [0.4, 0.5) is 0 Å². The Balaban J connectivity index is 1.99. The van der Waals surface area contributed by atoms with Crippen molar-refractivity contribution in [3.63, 3.8) is 0 Å². The highest BCUT2D eigenvalue weighted by atomic mass is 32.2. The van der Waals surface area contributed by atoms with Gasteiger partial charge in [0.15, 0.2) is 0 Å². The van der Waals surface area contributed by atoms with Crippen molar-refractivity contribution in [1.29, 1.82) is 0 Å². The molecule has 0 saturated heterocycles. The van der Waals surface area contributed by atoms with Crippen LogP contribution in [-0.2, 0) is 10.0 Å². The monoisotopic (exact) mass is 328 g/mol. The molecule has 120 valence electrons. The zero-order valence-corrected chi connectivity index (χ0v) is 14.3. The molecule has 0 aliphatic carbocycles. The van der Waals surface area contributed by atoms with E-state index in [0.29, 0.717) is 6.42 Å². The van der Waals surface area contributed by atoms with Crippen LogP contribution in [0.5, 0.6) is 0 Å². The van der Waals surface area contributed by atoms with E-state index in [1.54, 1.807) is 0 Å². The number of nitrogens with zero attached hydrogens (tertiary/aromatic N) is 2. The number of sulfonamides is 1. The Morgan fingerprint density at radius 2 is 1.48 bits per heavy atom. The van der Waals surface area contributed by atoms with E-state index < -0.39 is 10.0 Å². The van der Waals surface area contributed by atoms with Gasteiger partial charge in [-0.15, -0.1) is 0 Å². The van der Waals surface area contributed by atoms with Crippen molar-refractivity contribution >= 4 is 15.7 Å². The van der Waals surface area contributed by atoms with E-state index in [2.05, 4.69) is 5.10 Å². The average Bonchev–Trinajstić information content (AvgIpc) is 2.94. The molecule has 1 heterocycles. The van der Waals surface area contributed by atoms with Gasteiger partial charge in [0.25, 0.3) is 0 Å². The second kappa shape index (κ2) is 5.81. The van der Waals surface area contributed by atoms with Crippen molar-refractivity contribution in [2.45, 2.75) is 26.3 Å². The summed E-state index contributed by atoms with van der Waals surface area (Å²) in [5.41, 5.74) is 5.06. The van der Waals surface area contributed by atoms with Crippen molar-refractivity contribution in [3.05, 3.63) is 70.8 Å². The summed E-state index contributed by atoms with van der Waals surface area (Å²) in [6, 6.07) is 15.7. The Kier molecular flexibility index (Phi) is 3.98. The summed E-state index contributed by atoms with van der Waals surface area (Å²) in [4.78, 5) is 0. The fourth-order valence-corrected chi connectivity index (χ4v) is 3.66. The molecule has 4 nitrogen and oxygen atoms in total. The lowest BCUT2D eigenvalue weighted by atomic mass is 9.98. The summed E-state index contributed by atoms with van der Waals surface area (Å²) in [6.07, 6.45) is 1.79. The van der Waals surface area contributed by atoms with Crippen LogP contribution in [0, 0.1) is 13.8 Å². The second-order valence-corrected chi connectivity index (χ2v) is 7.92. The van der Waals surface area contributed by atoms with Gasteiger partial charge in [0.2, 0.25) is 10.0 Å². The summed E-state index contributed by atoms with van der Waals surface area (Å²) >= 11 is 0. The number of rotatable bonds is 3. The fraction of sp³-hybridized carbons (Fsp3) is 0.278. The van der Waals surface area contributed by atoms with Gasteiger partial charge in [0.1, 0.15) is 0 Å². The quantitative estimate of drug-likeness (QED) is 0.867. The topological polar surface area (TPSA) is 49.7 Å². The first-order valence-electron chi connectivity index (χ1n) is 7.55. The lowest BCUT2D eigenvalue weighted by molar-refractivity contribution is 0.375. The number of benzene rings is 2. The molecule has 1 atom stereocenters. The first kappa shape index (κ1) is 15.7. The molecule has 23 heavy (non-hydrogen) atoms. The van der Waals surface area contributed by atoms with Gasteiger partial charge in [-0.05, 0) is 25.0 Å². The van der Waals surface area contributed by atoms with Crippen LogP contribution in [0.15, 0.2) is 53.6 Å². The highest BCUT2D eigenvalue weighted by Crippen LogP contribution is 2.34. The molecule has 0 spiro atoms. The van der Waals surface area contributed by atoms with Gasteiger partial charge in [-0.3, -0.25) is 0 Å². The van der Waals surface area contributed by atoms with Gasteiger partial charge in [-0.2, -0.15) is 9.52 Å². The molecule has 0 fully saturated rings. The summed E-state index contributed by atoms with van der Waals surface area (Å²) in [5, 5.41) is 4.40. The third kappa shape index (κ3) is 3.29. The smallest absolute Gasteiger partial charge is 0.205 e. The molecule has 0 amide bonds. The maximum atomic E-state index is 12.1. The molecule has 0 saturated carbocycles. The first-order valence-corrected chi connectivity index (χ1v) is 9.40. The summed E-state index contributed by atoms with van der Waals surface area (Å²) < 4.78 is 25.5. The van der Waals surface area contributed by atoms with Crippen LogP contribution in [-0.4, -0.2) is 24.8 Å². The van der Waals surface area contributed by atoms with Crippen molar-refractivity contribution in [2.75, 3.05) is 6.26 Å². The first-order chi connectivity index (χ1) is 10.8. The van der Waals surface area contributed by atoms with Gasteiger partial charge >= 0.3 is 0 Å². The predicted molar refractivity (Wildman–Crippen MR) is 92.9 cm³/mol. The molecule has 0 bridgehead atoms. The van der Waals surface area contributed by atoms with Crippen LogP contribution < -0.4 is 0 Å². The SMILES string of the molecule is Cc1ccc(C2=NN(S(C)(=O)=O)[C@H](c3ccc(C)cc3)C2)cc1. The summed E-state index contributed by atoms with van der Waals surface area (Å²) in [6.45, 7) is 4.04. The Morgan fingerprint density at radius 3 is 2.00 bits per heavy atom. The van der Waals surface area contributed by atoms with Crippen molar-refractivity contribution in [2.24, 2.45) is 5.10 Å².